The second kappa shape index (κ2) is 13.4. The molecule has 268 valence electrons. The van der Waals surface area contributed by atoms with Gasteiger partial charge in [0.25, 0.3) is 0 Å². The molecule has 0 fully saturated rings. The van der Waals surface area contributed by atoms with Gasteiger partial charge in [-0.15, -0.1) is 0 Å². The van der Waals surface area contributed by atoms with E-state index in [9.17, 15) is 5.48 Å². The number of para-hydroxylation sites is 2. The molecule has 0 unspecified atom stereocenters. The van der Waals surface area contributed by atoms with Crippen LogP contribution < -0.4 is 4.90 Å². The van der Waals surface area contributed by atoms with Gasteiger partial charge in [-0.3, -0.25) is 0 Å². The van der Waals surface area contributed by atoms with E-state index in [0.717, 1.165) is 60.9 Å². The summed E-state index contributed by atoms with van der Waals surface area (Å²) >= 11 is 0. The highest BCUT2D eigenvalue weighted by Gasteiger charge is 2.46. The Morgan fingerprint density at radius 2 is 0.965 bits per heavy atom. The minimum atomic E-state index is -0.702. The van der Waals surface area contributed by atoms with E-state index in [2.05, 4.69) is 84.9 Å². The number of rotatable bonds is 7. The zero-order chi connectivity index (χ0) is 41.2. The molecule has 0 radical (unpaired) electrons. The highest BCUT2D eigenvalue weighted by atomic mass is 16.3. The van der Waals surface area contributed by atoms with Crippen LogP contribution in [0.5, 0.6) is 0 Å². The van der Waals surface area contributed by atoms with Crippen molar-refractivity contribution in [1.29, 1.82) is 0 Å². The van der Waals surface area contributed by atoms with E-state index in [4.69, 9.17) is 4.42 Å². The summed E-state index contributed by atoms with van der Waals surface area (Å²) in [5.41, 5.74) is 11.6. The van der Waals surface area contributed by atoms with E-state index < -0.39 is 5.41 Å². The predicted molar refractivity (Wildman–Crippen MR) is 237 cm³/mol. The van der Waals surface area contributed by atoms with Crippen molar-refractivity contribution in [3.8, 4) is 33.4 Å². The Kier molecular flexibility index (Phi) is 6.81. The number of hydrogen-bond acceptors (Lipinski definition) is 2. The number of fused-ring (bicyclic) bond motifs is 6. The molecule has 10 aromatic rings. The number of benzene rings is 9. The maximum atomic E-state index is 9.79. The van der Waals surface area contributed by atoms with Crippen LogP contribution >= 0.6 is 0 Å². The monoisotopic (exact) mass is 731 g/mol. The molecule has 11 rings (SSSR count). The third-order valence-corrected chi connectivity index (χ3v) is 11.4. The Balaban J connectivity index is 1.18. The molecule has 0 aliphatic heterocycles. The molecule has 1 aromatic heterocycles. The van der Waals surface area contributed by atoms with Crippen LogP contribution in [0.3, 0.4) is 0 Å². The molecule has 0 saturated heterocycles. The summed E-state index contributed by atoms with van der Waals surface area (Å²) in [6.07, 6.45) is 0. The summed E-state index contributed by atoms with van der Waals surface area (Å²) < 4.78 is 45.3. The molecule has 0 amide bonds. The van der Waals surface area contributed by atoms with Crippen molar-refractivity contribution >= 4 is 39.0 Å². The van der Waals surface area contributed by atoms with Crippen LogP contribution in [-0.4, -0.2) is 0 Å². The van der Waals surface area contributed by atoms with Crippen LogP contribution in [-0.2, 0) is 5.41 Å². The molecule has 0 spiro atoms. The topological polar surface area (TPSA) is 16.4 Å². The van der Waals surface area contributed by atoms with Crippen molar-refractivity contribution in [3.63, 3.8) is 0 Å². The molecule has 0 atom stereocenters. The molecule has 9 aromatic carbocycles. The zero-order valence-electron chi connectivity index (χ0n) is 34.9. The van der Waals surface area contributed by atoms with Gasteiger partial charge in [0.2, 0.25) is 0 Å². The molecular weight excluding hydrogens is 691 g/mol. The maximum absolute atomic E-state index is 9.79. The molecule has 57 heavy (non-hydrogen) atoms. The van der Waals surface area contributed by atoms with Gasteiger partial charge in [0, 0.05) is 22.1 Å². The highest BCUT2D eigenvalue weighted by Crippen LogP contribution is 2.57. The lowest BCUT2D eigenvalue weighted by molar-refractivity contribution is 0.669. The van der Waals surface area contributed by atoms with E-state index >= 15 is 0 Å². The van der Waals surface area contributed by atoms with Gasteiger partial charge in [-0.05, 0) is 92.0 Å². The molecule has 0 saturated carbocycles. The molecular formula is C55H37NO. The fraction of sp³-hybridized carbons (Fsp3) is 0.0182. The van der Waals surface area contributed by atoms with Crippen LogP contribution in [0.25, 0.3) is 55.3 Å². The number of hydrogen-bond donors (Lipinski definition) is 0. The van der Waals surface area contributed by atoms with Gasteiger partial charge >= 0.3 is 0 Å². The third-order valence-electron chi connectivity index (χ3n) is 11.4. The second-order valence-corrected chi connectivity index (χ2v) is 14.5. The SMILES string of the molecule is [2H]c1c([2H])c(N(c2ccc3c(c2)C(c2ccccc2)(c2ccccc2)c2ccccc2-3)c2cccc3c2oc2ccccc23)c([2H])c([2H])c1-c1ccc(-c2ccccc2)cc1. The van der Waals surface area contributed by atoms with Gasteiger partial charge in [0.1, 0.15) is 5.58 Å². The van der Waals surface area contributed by atoms with E-state index in [1.165, 1.54) is 0 Å². The number of furan rings is 1. The van der Waals surface area contributed by atoms with Crippen molar-refractivity contribution in [1.82, 2.24) is 0 Å². The van der Waals surface area contributed by atoms with Crippen molar-refractivity contribution in [2.45, 2.75) is 5.41 Å². The molecule has 1 heterocycles. The quantitative estimate of drug-likeness (QED) is 0.162. The minimum Gasteiger partial charge on any atom is -0.454 e. The summed E-state index contributed by atoms with van der Waals surface area (Å²) in [7, 11) is 0. The molecule has 1 aliphatic carbocycles. The van der Waals surface area contributed by atoms with Crippen molar-refractivity contribution < 1.29 is 9.90 Å². The predicted octanol–water partition coefficient (Wildman–Crippen LogP) is 14.8. The zero-order valence-corrected chi connectivity index (χ0v) is 30.9. The summed E-state index contributed by atoms with van der Waals surface area (Å²) in [6.45, 7) is 0. The first-order valence-electron chi connectivity index (χ1n) is 21.3. The van der Waals surface area contributed by atoms with Crippen molar-refractivity contribution in [2.75, 3.05) is 4.90 Å². The first kappa shape index (κ1) is 28.9. The van der Waals surface area contributed by atoms with Crippen LogP contribution in [0.1, 0.15) is 27.7 Å². The smallest absolute Gasteiger partial charge is 0.159 e. The summed E-state index contributed by atoms with van der Waals surface area (Å²) in [5.74, 6) is 0. The molecule has 2 heteroatoms. The fourth-order valence-electron chi connectivity index (χ4n) is 8.89. The highest BCUT2D eigenvalue weighted by molar-refractivity contribution is 6.10. The third kappa shape index (κ3) is 5.26. The van der Waals surface area contributed by atoms with Gasteiger partial charge in [-0.25, -0.2) is 0 Å². The average molecular weight is 732 g/mol. The van der Waals surface area contributed by atoms with Crippen LogP contribution in [0.2, 0.25) is 0 Å². The maximum Gasteiger partial charge on any atom is 0.159 e. The lowest BCUT2D eigenvalue weighted by Gasteiger charge is -2.35. The van der Waals surface area contributed by atoms with Crippen LogP contribution in [0, 0.1) is 0 Å². The molecule has 1 aliphatic rings. The Labute approximate surface area is 338 Å². The number of anilines is 3. The molecule has 0 N–H and O–H groups in total. The summed E-state index contributed by atoms with van der Waals surface area (Å²) in [6, 6.07) is 67.1. The largest absolute Gasteiger partial charge is 0.454 e. The van der Waals surface area contributed by atoms with Gasteiger partial charge in [0.15, 0.2) is 5.58 Å². The van der Waals surface area contributed by atoms with Gasteiger partial charge < -0.3 is 9.32 Å². The van der Waals surface area contributed by atoms with Gasteiger partial charge in [0.05, 0.1) is 16.6 Å². The molecule has 2 nitrogen and oxygen atoms in total. The normalized spacial score (nSPS) is 13.7. The lowest BCUT2D eigenvalue weighted by Crippen LogP contribution is -2.28. The Morgan fingerprint density at radius 1 is 0.404 bits per heavy atom. The fourth-order valence-corrected chi connectivity index (χ4v) is 8.89. The Hall–Kier alpha value is -7.42. The van der Waals surface area contributed by atoms with Gasteiger partial charge in [-0.1, -0.05) is 188 Å². The van der Waals surface area contributed by atoms with Crippen molar-refractivity contribution in [2.24, 2.45) is 0 Å². The summed E-state index contributed by atoms with van der Waals surface area (Å²) in [5, 5.41) is 1.84. The molecule has 0 bridgehead atoms. The van der Waals surface area contributed by atoms with Crippen LogP contribution in [0.4, 0.5) is 17.1 Å². The van der Waals surface area contributed by atoms with Crippen LogP contribution in [0.15, 0.2) is 229 Å². The summed E-state index contributed by atoms with van der Waals surface area (Å²) in [4.78, 5) is 1.87. The first-order valence-corrected chi connectivity index (χ1v) is 19.3. The second-order valence-electron chi connectivity index (χ2n) is 14.5. The van der Waals surface area contributed by atoms with E-state index in [1.54, 1.807) is 0 Å². The number of nitrogens with zero attached hydrogens (tertiary/aromatic N) is 1. The van der Waals surface area contributed by atoms with Gasteiger partial charge in [-0.2, -0.15) is 0 Å². The average Bonchev–Trinajstić information content (AvgIpc) is 3.85. The standard InChI is InChI=1S/C55H37NO/c1-4-15-38(16-5-1)39-27-29-40(30-28-39)41-31-33-44(34-32-41)56(52-25-14-23-49-48-22-11-13-26-53(48)57-54(49)52)45-35-36-47-46-21-10-12-24-50(46)55(51(47)37-45,42-17-6-2-7-18-42)43-19-8-3-9-20-43/h1-37H/i31D,32D,33D,34D. The van der Waals surface area contributed by atoms with E-state index in [1.807, 2.05) is 120 Å². The first-order chi connectivity index (χ1) is 29.9. The van der Waals surface area contributed by atoms with E-state index in [-0.39, 0.29) is 35.4 Å². The Morgan fingerprint density at radius 3 is 1.68 bits per heavy atom. The van der Waals surface area contributed by atoms with Crippen molar-refractivity contribution in [3.05, 3.63) is 247 Å². The minimum absolute atomic E-state index is 0.123. The van der Waals surface area contributed by atoms with E-state index in [0.29, 0.717) is 22.5 Å². The lowest BCUT2D eigenvalue weighted by atomic mass is 9.67. The Bertz CT molecular complexity index is 3220.